The molecule has 1 saturated heterocycles. The number of unbranched alkanes of at least 4 members (excludes halogenated alkanes) is 1. The maximum Gasteiger partial charge on any atom is 0.243 e. The number of nitrogens with one attached hydrogen (secondary N) is 10. The Hall–Kier alpha value is -8.74. The summed E-state index contributed by atoms with van der Waals surface area (Å²) in [7, 11) is 3.74. The number of H-pyrrole nitrogens is 2. The highest BCUT2D eigenvalue weighted by atomic mass is 33.1. The monoisotopic (exact) mass is 1370 g/mol. The zero-order valence-electron chi connectivity index (χ0n) is 56.0. The lowest BCUT2D eigenvalue weighted by Gasteiger charge is -2.31. The quantitative estimate of drug-likeness (QED) is 0.0129. The van der Waals surface area contributed by atoms with Gasteiger partial charge >= 0.3 is 0 Å². The number of amides is 9. The Kier molecular flexibility index (Phi) is 32.5. The molecule has 528 valence electrons. The molecule has 1 aliphatic rings. The van der Waals surface area contributed by atoms with Crippen LogP contribution >= 0.6 is 21.6 Å². The zero-order chi connectivity index (χ0) is 70.4. The topological polar surface area (TPSA) is 501 Å². The molecule has 0 saturated carbocycles. The summed E-state index contributed by atoms with van der Waals surface area (Å²) >= 11 is 0. The van der Waals surface area contributed by atoms with Crippen LogP contribution < -0.4 is 82.7 Å². The minimum atomic E-state index is -1.39. The number of hydrogen-bond donors (Lipinski definition) is 17. The van der Waals surface area contributed by atoms with Crippen LogP contribution in [0.3, 0.4) is 0 Å². The van der Waals surface area contributed by atoms with Gasteiger partial charge in [0, 0.05) is 84.1 Å². The van der Waals surface area contributed by atoms with Crippen LogP contribution in [0, 0.1) is 17.8 Å². The average Bonchev–Trinajstić information content (AvgIpc) is 1.43. The zero-order valence-corrected chi connectivity index (χ0v) is 57.6. The predicted molar refractivity (Wildman–Crippen MR) is 379 cm³/mol. The highest BCUT2D eigenvalue weighted by Gasteiger charge is 2.38. The standard InChI is InChI=1S/C65H102N20O9S2/c1-7-37(5)53(84-57(89)47(24-16-29-74-64(69)70)78-51(86)26-14-9-18-41-27-31-95-96-41)61(93)82-50(33-40-35-77-45-22-13-11-20-43(40)45)59(91)83-52(36(3)4)60(92)85-54(38(6)8-2)62(94)81-49(32-39-34-76-44-21-12-10-19-42(39)44)58(90)80-48(25-17-30-75-65(71)72)56(88)79-46(55(66)87)23-15-28-73-63(67)68/h10-13,19-22,34-38,41,46-50,52-54,76-77H,7-9,14-18,23-33H2,1-6H3,(H2,66,87)(H,78,86)(H,79,88)(H,80,90)(H,81,94)(H,82,93)(H,83,91)(H,84,89)(H,85,92)(H4,67,68,73)(H4,69,70,74)(H4,71,72,75)/t37-,38-,41?,46-,47-,48-,49-,50-,52-,53-,54-/m0/s1. The van der Waals surface area contributed by atoms with E-state index in [1.54, 1.807) is 40.1 Å². The molecule has 0 aliphatic carbocycles. The molecule has 11 atom stereocenters. The Labute approximate surface area is 569 Å². The molecule has 1 aliphatic heterocycles. The first-order chi connectivity index (χ1) is 45.8. The molecule has 2 aromatic carbocycles. The molecular formula is C65H102N20O9S2. The molecule has 24 N–H and O–H groups in total. The summed E-state index contributed by atoms with van der Waals surface area (Å²) < 4.78 is 0. The number of benzene rings is 2. The van der Waals surface area contributed by atoms with Gasteiger partial charge in [-0.1, -0.05) is 119 Å². The number of fused-ring (bicyclic) bond motifs is 2. The summed E-state index contributed by atoms with van der Waals surface area (Å²) in [6.07, 6.45) is 8.85. The van der Waals surface area contributed by atoms with Gasteiger partial charge in [0.25, 0.3) is 0 Å². The van der Waals surface area contributed by atoms with Crippen LogP contribution in [0.2, 0.25) is 0 Å². The van der Waals surface area contributed by atoms with Crippen molar-refractivity contribution in [3.8, 4) is 0 Å². The van der Waals surface area contributed by atoms with Crippen LogP contribution in [0.4, 0.5) is 0 Å². The van der Waals surface area contributed by atoms with Crippen LogP contribution in [0.25, 0.3) is 21.8 Å². The fraction of sp³-hybridized carbons (Fsp3) is 0.569. The van der Waals surface area contributed by atoms with Crippen molar-refractivity contribution in [2.75, 3.05) is 25.4 Å². The molecule has 9 amide bonds. The molecule has 29 nitrogen and oxygen atoms in total. The maximum atomic E-state index is 15.1. The Balaban J connectivity index is 1.42. The van der Waals surface area contributed by atoms with Crippen LogP contribution in [0.15, 0.2) is 75.9 Å². The average molecular weight is 1370 g/mol. The first-order valence-electron chi connectivity index (χ1n) is 33.1. The number of carbonyl (C=O) groups is 9. The number of rotatable bonds is 42. The molecule has 0 spiro atoms. The molecule has 4 aromatic rings. The number of primary amides is 1. The molecule has 0 radical (unpaired) electrons. The van der Waals surface area contributed by atoms with E-state index in [1.165, 1.54) is 0 Å². The second-order valence-electron chi connectivity index (χ2n) is 24.8. The summed E-state index contributed by atoms with van der Waals surface area (Å²) in [6, 6.07) is 4.64. The third-order valence-electron chi connectivity index (χ3n) is 17.0. The molecular weight excluding hydrogens is 1270 g/mol. The van der Waals surface area contributed by atoms with Gasteiger partial charge in [-0.25, -0.2) is 0 Å². The highest BCUT2D eigenvalue weighted by Crippen LogP contribution is 2.40. The number of carbonyl (C=O) groups excluding carboxylic acids is 9. The lowest BCUT2D eigenvalue weighted by molar-refractivity contribution is -0.137. The Morgan fingerprint density at radius 3 is 1.33 bits per heavy atom. The molecule has 0 bridgehead atoms. The van der Waals surface area contributed by atoms with E-state index in [9.17, 15) is 38.4 Å². The van der Waals surface area contributed by atoms with Gasteiger partial charge in [0.15, 0.2) is 17.9 Å². The Morgan fingerprint density at radius 2 is 0.885 bits per heavy atom. The van der Waals surface area contributed by atoms with E-state index < -0.39 is 113 Å². The van der Waals surface area contributed by atoms with E-state index in [0.717, 1.165) is 46.8 Å². The van der Waals surface area contributed by atoms with Crippen molar-refractivity contribution in [2.45, 2.75) is 191 Å². The van der Waals surface area contributed by atoms with Gasteiger partial charge in [0.05, 0.1) is 0 Å². The van der Waals surface area contributed by atoms with Crippen LogP contribution in [0.1, 0.15) is 136 Å². The number of nitrogens with two attached hydrogens (primary N) is 7. The van der Waals surface area contributed by atoms with E-state index in [2.05, 4.69) is 67.5 Å². The van der Waals surface area contributed by atoms with Gasteiger partial charge in [0.2, 0.25) is 53.2 Å². The first-order valence-corrected chi connectivity index (χ1v) is 35.4. The lowest BCUT2D eigenvalue weighted by atomic mass is 9.95. The van der Waals surface area contributed by atoms with Gasteiger partial charge in [-0.2, -0.15) is 0 Å². The number of aliphatic imine (C=N–C) groups is 3. The second kappa shape index (κ2) is 40.0. The predicted octanol–water partition coefficient (Wildman–Crippen LogP) is 1.42. The van der Waals surface area contributed by atoms with Crippen LogP contribution in [0.5, 0.6) is 0 Å². The smallest absolute Gasteiger partial charge is 0.243 e. The van der Waals surface area contributed by atoms with E-state index >= 15 is 4.79 Å². The Bertz CT molecular complexity index is 3320. The summed E-state index contributed by atoms with van der Waals surface area (Å²) in [6.45, 7) is 11.0. The number of para-hydroxylation sites is 2. The van der Waals surface area contributed by atoms with E-state index in [4.69, 9.17) is 40.1 Å². The van der Waals surface area contributed by atoms with Gasteiger partial charge in [-0.3, -0.25) is 58.1 Å². The van der Waals surface area contributed by atoms with Crippen LogP contribution in [-0.4, -0.2) is 160 Å². The first kappa shape index (κ1) is 78.0. The SMILES string of the molecule is CC[C@H](C)[C@H](NC(=O)[C@H](CCCN=C(N)N)NC(=O)CCCCC1CCSS1)C(=O)N[C@@H](Cc1c[nH]c2ccccc12)C(=O)N[C@H](C(=O)N[C@H](C(=O)N[C@@H](Cc1c[nH]c2ccccc12)C(=O)N[C@@H](CCCN=C(N)N)C(=O)N[C@@H](CCCN=C(N)N)C(N)=O)[C@@H](C)CC)C(C)C. The maximum absolute atomic E-state index is 15.1. The largest absolute Gasteiger partial charge is 0.370 e. The van der Waals surface area contributed by atoms with Crippen molar-refractivity contribution in [2.24, 2.45) is 72.9 Å². The molecule has 96 heavy (non-hydrogen) atoms. The van der Waals surface area contributed by atoms with Crippen molar-refractivity contribution in [1.82, 2.24) is 52.5 Å². The number of hydrogen-bond acceptors (Lipinski definition) is 14. The summed E-state index contributed by atoms with van der Waals surface area (Å²) in [4.78, 5) is 148. The fourth-order valence-corrected chi connectivity index (χ4v) is 14.1. The van der Waals surface area contributed by atoms with E-state index in [0.29, 0.717) is 42.1 Å². The summed E-state index contributed by atoms with van der Waals surface area (Å²) in [5, 5.41) is 24.8. The number of guanidine groups is 3. The number of aromatic nitrogens is 2. The number of nitrogens with zero attached hydrogens (tertiary/aromatic N) is 3. The third kappa shape index (κ3) is 25.4. The summed E-state index contributed by atoms with van der Waals surface area (Å²) in [5.74, 6) is -7.31. The van der Waals surface area contributed by atoms with Crippen LogP contribution in [-0.2, 0) is 56.0 Å². The van der Waals surface area contributed by atoms with E-state index in [-0.39, 0.29) is 94.8 Å². The molecule has 1 unspecified atom stereocenters. The van der Waals surface area contributed by atoms with Crippen molar-refractivity contribution in [3.05, 3.63) is 72.1 Å². The van der Waals surface area contributed by atoms with Crippen molar-refractivity contribution in [1.29, 1.82) is 0 Å². The van der Waals surface area contributed by atoms with Crippen molar-refractivity contribution in [3.63, 3.8) is 0 Å². The summed E-state index contributed by atoms with van der Waals surface area (Å²) in [5.41, 5.74) is 41.8. The molecule has 31 heteroatoms. The van der Waals surface area contributed by atoms with Crippen molar-refractivity contribution >= 4 is 114 Å². The minimum Gasteiger partial charge on any atom is -0.370 e. The molecule has 2 aromatic heterocycles. The Morgan fingerprint density at radius 1 is 0.490 bits per heavy atom. The van der Waals surface area contributed by atoms with Gasteiger partial charge < -0.3 is 92.6 Å². The third-order valence-corrected chi connectivity index (χ3v) is 20.0. The van der Waals surface area contributed by atoms with Gasteiger partial charge in [0.1, 0.15) is 48.3 Å². The van der Waals surface area contributed by atoms with Crippen molar-refractivity contribution < 1.29 is 43.2 Å². The molecule has 5 rings (SSSR count). The van der Waals surface area contributed by atoms with Gasteiger partial charge in [-0.15, -0.1) is 0 Å². The normalized spacial score (nSPS) is 16.0. The fourth-order valence-electron chi connectivity index (χ4n) is 11.0. The van der Waals surface area contributed by atoms with Gasteiger partial charge in [-0.05, 0) is 98.8 Å². The lowest BCUT2D eigenvalue weighted by Crippen LogP contribution is -2.62. The molecule has 3 heterocycles. The minimum absolute atomic E-state index is 0.0267. The highest BCUT2D eigenvalue weighted by molar-refractivity contribution is 8.77. The molecule has 1 fully saturated rings. The van der Waals surface area contributed by atoms with E-state index in [1.807, 2.05) is 84.0 Å². The second-order valence-corrected chi connectivity index (χ2v) is 27.6. The number of aromatic amines is 2.